The first-order valence-electron chi connectivity index (χ1n) is 6.65. The van der Waals surface area contributed by atoms with Gasteiger partial charge in [0.2, 0.25) is 0 Å². The molecule has 0 bridgehead atoms. The fraction of sp³-hybridized carbons (Fsp3) is 0.0588. The zero-order valence-electron chi connectivity index (χ0n) is 11.7. The van der Waals surface area contributed by atoms with Gasteiger partial charge in [-0.05, 0) is 65.4 Å². The van der Waals surface area contributed by atoms with Gasteiger partial charge in [-0.25, -0.2) is 4.79 Å². The minimum atomic E-state index is -0.374. The molecule has 0 fully saturated rings. The van der Waals surface area contributed by atoms with Crippen molar-refractivity contribution in [2.45, 2.75) is 6.92 Å². The van der Waals surface area contributed by atoms with Crippen LogP contribution in [-0.4, -0.2) is 5.91 Å². The molecule has 22 heavy (non-hydrogen) atoms. The molecule has 1 aromatic heterocycles. The summed E-state index contributed by atoms with van der Waals surface area (Å²) in [5.74, 6) is -0.167. The fourth-order valence-corrected chi connectivity index (χ4v) is 2.87. The maximum atomic E-state index is 12.3. The van der Waals surface area contributed by atoms with Gasteiger partial charge in [0.1, 0.15) is 5.58 Å². The van der Waals surface area contributed by atoms with Crippen LogP contribution in [0.1, 0.15) is 15.9 Å². The monoisotopic (exact) mass is 405 g/mol. The number of amides is 1. The van der Waals surface area contributed by atoms with Crippen molar-refractivity contribution >= 4 is 45.2 Å². The van der Waals surface area contributed by atoms with Crippen LogP contribution < -0.4 is 10.9 Å². The highest BCUT2D eigenvalue weighted by Crippen LogP contribution is 2.22. The second-order valence-corrected chi connectivity index (χ2v) is 6.06. The molecule has 2 aromatic carbocycles. The molecule has 0 saturated carbocycles. The second-order valence-electron chi connectivity index (χ2n) is 4.89. The normalized spacial score (nSPS) is 10.6. The molecule has 0 aliphatic rings. The smallest absolute Gasteiger partial charge is 0.336 e. The zero-order valence-corrected chi connectivity index (χ0v) is 13.9. The van der Waals surface area contributed by atoms with Gasteiger partial charge in [-0.2, -0.15) is 0 Å². The molecule has 3 rings (SSSR count). The topological polar surface area (TPSA) is 59.3 Å². The van der Waals surface area contributed by atoms with Gasteiger partial charge in [-0.1, -0.05) is 12.1 Å². The zero-order chi connectivity index (χ0) is 15.7. The molecule has 5 heteroatoms. The van der Waals surface area contributed by atoms with Gasteiger partial charge in [0, 0.05) is 20.7 Å². The van der Waals surface area contributed by atoms with E-state index >= 15 is 0 Å². The Morgan fingerprint density at radius 1 is 1.14 bits per heavy atom. The van der Waals surface area contributed by atoms with E-state index in [0.29, 0.717) is 16.8 Å². The molecule has 0 radical (unpaired) electrons. The predicted molar refractivity (Wildman–Crippen MR) is 94.3 cm³/mol. The van der Waals surface area contributed by atoms with Crippen molar-refractivity contribution in [2.24, 2.45) is 0 Å². The van der Waals surface area contributed by atoms with Gasteiger partial charge in [-0.3, -0.25) is 4.79 Å². The lowest BCUT2D eigenvalue weighted by atomic mass is 10.1. The van der Waals surface area contributed by atoms with Crippen molar-refractivity contribution in [3.8, 4) is 0 Å². The first kappa shape index (κ1) is 14.8. The van der Waals surface area contributed by atoms with Crippen LogP contribution in [0.5, 0.6) is 0 Å². The summed E-state index contributed by atoms with van der Waals surface area (Å²) in [5.41, 5.74) is 2.24. The number of halogens is 1. The number of anilines is 1. The molecular weight excluding hydrogens is 393 g/mol. The van der Waals surface area contributed by atoms with Crippen LogP contribution in [0.15, 0.2) is 57.7 Å². The first-order chi connectivity index (χ1) is 10.5. The molecule has 0 aliphatic heterocycles. The van der Waals surface area contributed by atoms with Crippen LogP contribution in [0.2, 0.25) is 0 Å². The Morgan fingerprint density at radius 2 is 1.91 bits per heavy atom. The predicted octanol–water partition coefficient (Wildman–Crippen LogP) is 3.96. The lowest BCUT2D eigenvalue weighted by molar-refractivity contribution is 0.102. The maximum Gasteiger partial charge on any atom is 0.336 e. The number of hydrogen-bond donors (Lipinski definition) is 1. The molecule has 0 saturated heterocycles. The van der Waals surface area contributed by atoms with Gasteiger partial charge in [-0.15, -0.1) is 0 Å². The summed E-state index contributed by atoms with van der Waals surface area (Å²) < 4.78 is 6.03. The Balaban J connectivity index is 1.96. The van der Waals surface area contributed by atoms with Crippen molar-refractivity contribution in [3.05, 3.63) is 73.6 Å². The number of carbonyl (C=O) groups is 1. The van der Waals surface area contributed by atoms with E-state index in [0.717, 1.165) is 14.5 Å². The van der Waals surface area contributed by atoms with Crippen LogP contribution >= 0.6 is 22.6 Å². The van der Waals surface area contributed by atoms with E-state index in [4.69, 9.17) is 4.42 Å². The Hall–Kier alpha value is -2.15. The average molecular weight is 405 g/mol. The Kier molecular flexibility index (Phi) is 3.98. The number of rotatable bonds is 2. The summed E-state index contributed by atoms with van der Waals surface area (Å²) in [6, 6.07) is 14.0. The van der Waals surface area contributed by atoms with Crippen LogP contribution in [-0.2, 0) is 0 Å². The second kappa shape index (κ2) is 5.92. The van der Waals surface area contributed by atoms with Crippen LogP contribution in [0.3, 0.4) is 0 Å². The van der Waals surface area contributed by atoms with Gasteiger partial charge in [0.15, 0.2) is 0 Å². The average Bonchev–Trinajstić information content (AvgIpc) is 2.48. The lowest BCUT2D eigenvalue weighted by Gasteiger charge is -2.08. The van der Waals surface area contributed by atoms with E-state index in [1.165, 1.54) is 6.07 Å². The van der Waals surface area contributed by atoms with E-state index in [-0.39, 0.29) is 11.5 Å². The van der Waals surface area contributed by atoms with Crippen LogP contribution in [0.4, 0.5) is 5.69 Å². The molecule has 0 unspecified atom stereocenters. The molecule has 4 nitrogen and oxygen atoms in total. The molecule has 0 atom stereocenters. The van der Waals surface area contributed by atoms with Gasteiger partial charge < -0.3 is 9.73 Å². The molecule has 1 heterocycles. The van der Waals surface area contributed by atoms with Crippen molar-refractivity contribution in [1.82, 2.24) is 0 Å². The number of aryl methyl sites for hydroxylation is 1. The molecule has 110 valence electrons. The SMILES string of the molecule is Cc1cc(=O)oc2ccc(NC(=O)c3ccccc3I)cc12. The summed E-state index contributed by atoms with van der Waals surface area (Å²) >= 11 is 2.13. The fourth-order valence-electron chi connectivity index (χ4n) is 2.24. The molecule has 3 aromatic rings. The lowest BCUT2D eigenvalue weighted by Crippen LogP contribution is -2.13. The minimum Gasteiger partial charge on any atom is -0.423 e. The third kappa shape index (κ3) is 2.89. The highest BCUT2D eigenvalue weighted by molar-refractivity contribution is 14.1. The first-order valence-corrected chi connectivity index (χ1v) is 7.73. The third-order valence-corrected chi connectivity index (χ3v) is 4.27. The summed E-state index contributed by atoms with van der Waals surface area (Å²) in [6.07, 6.45) is 0. The number of fused-ring (bicyclic) bond motifs is 1. The quantitative estimate of drug-likeness (QED) is 0.519. The van der Waals surface area contributed by atoms with Crippen molar-refractivity contribution < 1.29 is 9.21 Å². The van der Waals surface area contributed by atoms with Crippen molar-refractivity contribution in [3.63, 3.8) is 0 Å². The van der Waals surface area contributed by atoms with Crippen LogP contribution in [0.25, 0.3) is 11.0 Å². The summed E-state index contributed by atoms with van der Waals surface area (Å²) in [7, 11) is 0. The minimum absolute atomic E-state index is 0.167. The van der Waals surface area contributed by atoms with Crippen molar-refractivity contribution in [2.75, 3.05) is 5.32 Å². The Morgan fingerprint density at radius 3 is 2.68 bits per heavy atom. The number of carbonyl (C=O) groups excluding carboxylic acids is 1. The number of benzene rings is 2. The van der Waals surface area contributed by atoms with E-state index in [1.807, 2.05) is 25.1 Å². The highest BCUT2D eigenvalue weighted by atomic mass is 127. The van der Waals surface area contributed by atoms with E-state index in [1.54, 1.807) is 24.3 Å². The van der Waals surface area contributed by atoms with Gasteiger partial charge in [0.25, 0.3) is 5.91 Å². The maximum absolute atomic E-state index is 12.3. The van der Waals surface area contributed by atoms with Gasteiger partial charge >= 0.3 is 5.63 Å². The van der Waals surface area contributed by atoms with Gasteiger partial charge in [0.05, 0.1) is 5.56 Å². The third-order valence-electron chi connectivity index (χ3n) is 3.33. The molecule has 0 aliphatic carbocycles. The van der Waals surface area contributed by atoms with E-state index in [2.05, 4.69) is 27.9 Å². The molecule has 0 spiro atoms. The molecule has 1 N–H and O–H groups in total. The number of nitrogens with one attached hydrogen (secondary N) is 1. The highest BCUT2D eigenvalue weighted by Gasteiger charge is 2.10. The number of hydrogen-bond acceptors (Lipinski definition) is 3. The summed E-state index contributed by atoms with van der Waals surface area (Å²) in [4.78, 5) is 23.7. The summed E-state index contributed by atoms with van der Waals surface area (Å²) in [6.45, 7) is 1.84. The standard InChI is InChI=1S/C17H12INO3/c1-10-8-16(20)22-15-7-6-11(9-13(10)15)19-17(21)12-4-2-3-5-14(12)18/h2-9H,1H3,(H,19,21). The molecular formula is C17H12INO3. The summed E-state index contributed by atoms with van der Waals surface area (Å²) in [5, 5.41) is 3.68. The van der Waals surface area contributed by atoms with E-state index < -0.39 is 0 Å². The van der Waals surface area contributed by atoms with Crippen LogP contribution in [0, 0.1) is 10.5 Å². The van der Waals surface area contributed by atoms with E-state index in [9.17, 15) is 9.59 Å². The molecule has 1 amide bonds. The largest absolute Gasteiger partial charge is 0.423 e. The van der Waals surface area contributed by atoms with Crippen molar-refractivity contribution in [1.29, 1.82) is 0 Å². The Labute approximate surface area is 140 Å². The Bertz CT molecular complexity index is 931.